The van der Waals surface area contributed by atoms with Crippen molar-refractivity contribution in [3.63, 3.8) is 0 Å². The van der Waals surface area contributed by atoms with Crippen LogP contribution >= 0.6 is 11.3 Å². The highest BCUT2D eigenvalue weighted by molar-refractivity contribution is 7.15. The first kappa shape index (κ1) is 14.7. The molecule has 1 aromatic heterocycles. The van der Waals surface area contributed by atoms with E-state index in [2.05, 4.69) is 10.3 Å². The molecule has 2 amide bonds. The van der Waals surface area contributed by atoms with Gasteiger partial charge < -0.3 is 10.2 Å². The molecule has 3 rings (SSSR count). The summed E-state index contributed by atoms with van der Waals surface area (Å²) in [6.45, 7) is 2.73. The van der Waals surface area contributed by atoms with E-state index in [1.54, 1.807) is 0 Å². The summed E-state index contributed by atoms with van der Waals surface area (Å²) in [6.07, 6.45) is 1.17. The minimum Gasteiger partial charge on any atom is -0.337 e. The lowest BCUT2D eigenvalue weighted by atomic mass is 10.1. The fourth-order valence-corrected chi connectivity index (χ4v) is 3.56. The molecule has 5 nitrogen and oxygen atoms in total. The number of anilines is 1. The van der Waals surface area contributed by atoms with Crippen molar-refractivity contribution in [3.8, 4) is 0 Å². The predicted molar refractivity (Wildman–Crippen MR) is 85.7 cm³/mol. The smallest absolute Gasteiger partial charge is 0.227 e. The van der Waals surface area contributed by atoms with Crippen LogP contribution in [0, 0.1) is 0 Å². The van der Waals surface area contributed by atoms with Gasteiger partial charge in [-0.1, -0.05) is 41.7 Å². The van der Waals surface area contributed by atoms with E-state index in [0.717, 1.165) is 22.6 Å². The van der Waals surface area contributed by atoms with Gasteiger partial charge in [0.2, 0.25) is 11.8 Å². The molecule has 1 aliphatic rings. The van der Waals surface area contributed by atoms with Crippen LogP contribution < -0.4 is 5.32 Å². The van der Waals surface area contributed by atoms with Crippen LogP contribution in [0.2, 0.25) is 0 Å². The number of aromatic nitrogens is 1. The summed E-state index contributed by atoms with van der Waals surface area (Å²) in [6, 6.07) is 9.77. The van der Waals surface area contributed by atoms with Gasteiger partial charge in [-0.15, -0.1) is 0 Å². The highest BCUT2D eigenvalue weighted by atomic mass is 32.1. The van der Waals surface area contributed by atoms with Crippen LogP contribution in [0.3, 0.4) is 0 Å². The molecule has 6 heteroatoms. The standard InChI is InChI=1S/C16H17N3O2S/c1-11(20)17-16-18-13-7-8-19(10-14(13)22-16)15(21)9-12-5-3-2-4-6-12/h2-6H,7-10H2,1H3,(H,17,18,20). The number of nitrogens with one attached hydrogen (secondary N) is 1. The quantitative estimate of drug-likeness (QED) is 0.945. The minimum absolute atomic E-state index is 0.122. The SMILES string of the molecule is CC(=O)Nc1nc2c(s1)CN(C(=O)Cc1ccccc1)CC2. The zero-order chi connectivity index (χ0) is 15.5. The Bertz CT molecular complexity index is 697. The molecule has 0 atom stereocenters. The summed E-state index contributed by atoms with van der Waals surface area (Å²) in [7, 11) is 0. The summed E-state index contributed by atoms with van der Waals surface area (Å²) in [5.74, 6) is 0.00874. The largest absolute Gasteiger partial charge is 0.337 e. The van der Waals surface area contributed by atoms with Gasteiger partial charge in [0.15, 0.2) is 5.13 Å². The van der Waals surface area contributed by atoms with Gasteiger partial charge in [0, 0.05) is 24.8 Å². The molecule has 0 aliphatic carbocycles. The van der Waals surface area contributed by atoms with Crippen molar-refractivity contribution < 1.29 is 9.59 Å². The molecule has 114 valence electrons. The summed E-state index contributed by atoms with van der Waals surface area (Å²) in [5, 5.41) is 3.33. The molecule has 0 bridgehead atoms. The van der Waals surface area contributed by atoms with Crippen LogP contribution in [-0.4, -0.2) is 28.2 Å². The van der Waals surface area contributed by atoms with Crippen LogP contribution in [0.25, 0.3) is 0 Å². The molecule has 2 heterocycles. The average molecular weight is 315 g/mol. The Morgan fingerprint density at radius 1 is 1.32 bits per heavy atom. The third-order valence-corrected chi connectivity index (χ3v) is 4.56. The van der Waals surface area contributed by atoms with Crippen LogP contribution in [0.4, 0.5) is 5.13 Å². The van der Waals surface area contributed by atoms with E-state index in [-0.39, 0.29) is 11.8 Å². The molecular formula is C16H17N3O2S. The zero-order valence-corrected chi connectivity index (χ0v) is 13.2. The molecular weight excluding hydrogens is 298 g/mol. The lowest BCUT2D eigenvalue weighted by Crippen LogP contribution is -2.36. The molecule has 0 spiro atoms. The van der Waals surface area contributed by atoms with Crippen molar-refractivity contribution in [3.05, 3.63) is 46.5 Å². The van der Waals surface area contributed by atoms with Crippen LogP contribution in [0.1, 0.15) is 23.1 Å². The maximum atomic E-state index is 12.4. The zero-order valence-electron chi connectivity index (χ0n) is 12.3. The second kappa shape index (κ2) is 6.27. The third kappa shape index (κ3) is 3.33. The number of rotatable bonds is 3. The fraction of sp³-hybridized carbons (Fsp3) is 0.312. The molecule has 0 radical (unpaired) electrons. The molecule has 0 saturated heterocycles. The molecule has 0 fully saturated rings. The van der Waals surface area contributed by atoms with Gasteiger partial charge in [0.1, 0.15) is 0 Å². The maximum Gasteiger partial charge on any atom is 0.227 e. The minimum atomic E-state index is -0.122. The van der Waals surface area contributed by atoms with Gasteiger partial charge in [0.25, 0.3) is 0 Å². The highest BCUT2D eigenvalue weighted by Crippen LogP contribution is 2.28. The first-order valence-electron chi connectivity index (χ1n) is 7.19. The summed E-state index contributed by atoms with van der Waals surface area (Å²) < 4.78 is 0. The lowest BCUT2D eigenvalue weighted by Gasteiger charge is -2.26. The Balaban J connectivity index is 1.67. The number of hydrogen-bond acceptors (Lipinski definition) is 4. The molecule has 2 aromatic rings. The summed E-state index contributed by atoms with van der Waals surface area (Å²) >= 11 is 1.45. The van der Waals surface area contributed by atoms with Crippen LogP contribution in [0.15, 0.2) is 30.3 Å². The second-order valence-corrected chi connectivity index (χ2v) is 6.38. The van der Waals surface area contributed by atoms with E-state index in [9.17, 15) is 9.59 Å². The van der Waals surface area contributed by atoms with E-state index in [0.29, 0.717) is 24.6 Å². The number of hydrogen-bond donors (Lipinski definition) is 1. The molecule has 1 N–H and O–H groups in total. The second-order valence-electron chi connectivity index (χ2n) is 5.30. The van der Waals surface area contributed by atoms with Gasteiger partial charge in [-0.05, 0) is 5.56 Å². The number of fused-ring (bicyclic) bond motifs is 1. The lowest BCUT2D eigenvalue weighted by molar-refractivity contribution is -0.131. The number of nitrogens with zero attached hydrogens (tertiary/aromatic N) is 2. The molecule has 0 unspecified atom stereocenters. The molecule has 22 heavy (non-hydrogen) atoms. The number of thiazole rings is 1. The van der Waals surface area contributed by atoms with Gasteiger partial charge >= 0.3 is 0 Å². The van der Waals surface area contributed by atoms with Crippen molar-refractivity contribution in [1.82, 2.24) is 9.88 Å². The Morgan fingerprint density at radius 2 is 2.09 bits per heavy atom. The van der Waals surface area contributed by atoms with Crippen molar-refractivity contribution in [2.45, 2.75) is 26.3 Å². The molecule has 1 aliphatic heterocycles. The number of benzene rings is 1. The van der Waals surface area contributed by atoms with E-state index >= 15 is 0 Å². The van der Waals surface area contributed by atoms with Crippen molar-refractivity contribution in [1.29, 1.82) is 0 Å². The van der Waals surface area contributed by atoms with E-state index in [1.807, 2.05) is 35.2 Å². The highest BCUT2D eigenvalue weighted by Gasteiger charge is 2.24. The van der Waals surface area contributed by atoms with Crippen molar-refractivity contribution in [2.75, 3.05) is 11.9 Å². The topological polar surface area (TPSA) is 62.3 Å². The third-order valence-electron chi connectivity index (χ3n) is 3.57. The van der Waals surface area contributed by atoms with Crippen molar-refractivity contribution >= 4 is 28.3 Å². The van der Waals surface area contributed by atoms with Gasteiger partial charge in [-0.2, -0.15) is 0 Å². The van der Waals surface area contributed by atoms with E-state index in [1.165, 1.54) is 18.3 Å². The van der Waals surface area contributed by atoms with Crippen LogP contribution in [-0.2, 0) is 29.0 Å². The van der Waals surface area contributed by atoms with Gasteiger partial charge in [-0.25, -0.2) is 4.98 Å². The van der Waals surface area contributed by atoms with Crippen LogP contribution in [0.5, 0.6) is 0 Å². The Morgan fingerprint density at radius 3 is 2.82 bits per heavy atom. The van der Waals surface area contributed by atoms with Crippen molar-refractivity contribution in [2.24, 2.45) is 0 Å². The van der Waals surface area contributed by atoms with Gasteiger partial charge in [-0.3, -0.25) is 9.59 Å². The average Bonchev–Trinajstić information content (AvgIpc) is 2.88. The summed E-state index contributed by atoms with van der Waals surface area (Å²) in [5.41, 5.74) is 2.03. The first-order chi connectivity index (χ1) is 10.6. The number of carbonyl (C=O) groups excluding carboxylic acids is 2. The molecule has 1 aromatic carbocycles. The Labute approximate surface area is 133 Å². The van der Waals surface area contributed by atoms with E-state index in [4.69, 9.17) is 0 Å². The Hall–Kier alpha value is -2.21. The van der Waals surface area contributed by atoms with E-state index < -0.39 is 0 Å². The monoisotopic (exact) mass is 315 g/mol. The number of amides is 2. The predicted octanol–water partition coefficient (Wildman–Crippen LogP) is 2.23. The first-order valence-corrected chi connectivity index (χ1v) is 8.01. The maximum absolute atomic E-state index is 12.4. The molecule has 0 saturated carbocycles. The van der Waals surface area contributed by atoms with Gasteiger partial charge in [0.05, 0.1) is 18.7 Å². The summed E-state index contributed by atoms with van der Waals surface area (Å²) in [4.78, 5) is 30.8. The fourth-order valence-electron chi connectivity index (χ4n) is 2.49. The Kier molecular flexibility index (Phi) is 4.20. The normalized spacial score (nSPS) is 13.6. The number of carbonyl (C=O) groups is 2.